The average molecular weight is 273 g/mol. The van der Waals surface area contributed by atoms with Crippen LogP contribution < -0.4 is 4.74 Å². The van der Waals surface area contributed by atoms with E-state index < -0.39 is 6.04 Å². The van der Waals surface area contributed by atoms with Gasteiger partial charge in [0.1, 0.15) is 0 Å². The molecule has 0 saturated heterocycles. The lowest BCUT2D eigenvalue weighted by molar-refractivity contribution is 0.263. The van der Waals surface area contributed by atoms with Crippen LogP contribution >= 0.6 is 15.9 Å². The van der Waals surface area contributed by atoms with Crippen molar-refractivity contribution in [3.05, 3.63) is 32.7 Å². The third kappa shape index (κ3) is 2.82. The third-order valence-electron chi connectivity index (χ3n) is 1.76. The van der Waals surface area contributed by atoms with Crippen molar-refractivity contribution in [3.8, 4) is 5.88 Å². The Balaban J connectivity index is 3.19. The fraction of sp³-hybridized carbons (Fsp3) is 0.375. The van der Waals surface area contributed by atoms with Crippen molar-refractivity contribution in [1.29, 1.82) is 0 Å². The number of rotatable bonds is 4. The van der Waals surface area contributed by atoms with Crippen LogP contribution in [0.15, 0.2) is 21.9 Å². The summed E-state index contributed by atoms with van der Waals surface area (Å²) in [6, 6.07) is 1.01. The van der Waals surface area contributed by atoms with Crippen LogP contribution in [-0.4, -0.2) is 23.8 Å². The maximum atomic E-state index is 9.06. The highest BCUT2D eigenvalue weighted by molar-refractivity contribution is 9.10. The van der Waals surface area contributed by atoms with E-state index in [0.29, 0.717) is 11.4 Å². The largest absolute Gasteiger partial charge is 0.481 e. The number of nitrogens with zero attached hydrogens (tertiary/aromatic N) is 4. The van der Waals surface area contributed by atoms with Crippen LogP contribution in [-0.2, 0) is 0 Å². The van der Waals surface area contributed by atoms with Crippen LogP contribution in [0.1, 0.15) is 11.6 Å². The fourth-order valence-corrected chi connectivity index (χ4v) is 1.46. The minimum Gasteiger partial charge on any atom is -0.481 e. The van der Waals surface area contributed by atoms with E-state index in [2.05, 4.69) is 30.9 Å². The van der Waals surface area contributed by atoms with Gasteiger partial charge in [0.25, 0.3) is 0 Å². The summed E-state index contributed by atoms with van der Waals surface area (Å²) in [4.78, 5) is 6.64. The first-order valence-corrected chi connectivity index (χ1v) is 4.86. The van der Waals surface area contributed by atoms with Gasteiger partial charge in [0.15, 0.2) is 0 Å². The zero-order valence-corrected chi connectivity index (χ0v) is 9.55. The Morgan fingerprint density at radius 2 is 2.53 bits per heavy atom. The van der Waals surface area contributed by atoms with Crippen LogP contribution in [0, 0.1) is 0 Å². The van der Waals surface area contributed by atoms with E-state index in [9.17, 15) is 0 Å². The van der Waals surface area contributed by atoms with E-state index in [0.717, 1.165) is 4.47 Å². The van der Waals surface area contributed by atoms with Crippen LogP contribution in [0.5, 0.6) is 5.88 Å². The predicted molar refractivity (Wildman–Crippen MR) is 57.5 cm³/mol. The number of pyridine rings is 1. The van der Waals surface area contributed by atoms with Crippen molar-refractivity contribution >= 4 is 15.9 Å². The van der Waals surface area contributed by atoms with Crippen LogP contribution in [0.3, 0.4) is 0 Å². The molecule has 80 valence electrons. The molecule has 1 atom stereocenters. The van der Waals surface area contributed by atoms with Crippen LogP contribution in [0.25, 0.3) is 10.4 Å². The summed E-state index contributed by atoms with van der Waals surface area (Å²) in [7, 11) is 1.46. The van der Waals surface area contributed by atoms with Crippen molar-refractivity contribution < 1.29 is 9.84 Å². The summed E-state index contributed by atoms with van der Waals surface area (Å²) < 4.78 is 5.73. The minimum absolute atomic E-state index is 0.293. The first-order valence-electron chi connectivity index (χ1n) is 4.07. The molecule has 0 radical (unpaired) electrons. The highest BCUT2D eigenvalue weighted by Gasteiger charge is 2.15. The lowest BCUT2D eigenvalue weighted by atomic mass is 10.1. The lowest BCUT2D eigenvalue weighted by Gasteiger charge is -2.11. The molecule has 1 rings (SSSR count). The normalized spacial score (nSPS) is 11.7. The summed E-state index contributed by atoms with van der Waals surface area (Å²) in [5.41, 5.74) is 8.88. The molecule has 1 aromatic heterocycles. The number of aliphatic hydroxyl groups is 1. The van der Waals surface area contributed by atoms with Gasteiger partial charge in [-0.25, -0.2) is 4.98 Å². The van der Waals surface area contributed by atoms with E-state index in [1.807, 2.05) is 0 Å². The average Bonchev–Trinajstić information content (AvgIpc) is 2.26. The predicted octanol–water partition coefficient (Wildman–Crippen LogP) is 2.20. The zero-order chi connectivity index (χ0) is 11.3. The second kappa shape index (κ2) is 5.55. The number of halogens is 1. The molecule has 1 N–H and O–H groups in total. The molecule has 0 aliphatic rings. The van der Waals surface area contributed by atoms with E-state index >= 15 is 0 Å². The van der Waals surface area contributed by atoms with Gasteiger partial charge in [-0.1, -0.05) is 5.11 Å². The number of aliphatic hydroxyl groups excluding tert-OH is 1. The van der Waals surface area contributed by atoms with Gasteiger partial charge >= 0.3 is 0 Å². The molecule has 0 amide bonds. The SMILES string of the molecule is COc1ncc(Br)cc1C(CO)N=[N+]=[N-]. The third-order valence-corrected chi connectivity index (χ3v) is 2.20. The molecule has 15 heavy (non-hydrogen) atoms. The Kier molecular flexibility index (Phi) is 4.36. The second-order valence-electron chi connectivity index (χ2n) is 2.66. The molecule has 0 bridgehead atoms. The topological polar surface area (TPSA) is 91.1 Å². The molecular formula is C8H9BrN4O2. The monoisotopic (exact) mass is 272 g/mol. The van der Waals surface area contributed by atoms with Gasteiger partial charge in [0.2, 0.25) is 5.88 Å². The fourth-order valence-electron chi connectivity index (χ4n) is 1.11. The van der Waals surface area contributed by atoms with E-state index in [4.69, 9.17) is 15.4 Å². The number of ether oxygens (including phenoxy) is 1. The quantitative estimate of drug-likeness (QED) is 0.517. The van der Waals surface area contributed by atoms with Crippen molar-refractivity contribution in [2.24, 2.45) is 5.11 Å². The van der Waals surface area contributed by atoms with Gasteiger partial charge < -0.3 is 9.84 Å². The molecule has 0 saturated carbocycles. The molecule has 0 aromatic carbocycles. The molecular weight excluding hydrogens is 264 g/mol. The molecule has 1 unspecified atom stereocenters. The number of hydrogen-bond donors (Lipinski definition) is 1. The summed E-state index contributed by atoms with van der Waals surface area (Å²) in [6.45, 7) is -0.293. The highest BCUT2D eigenvalue weighted by atomic mass is 79.9. The van der Waals surface area contributed by atoms with Gasteiger partial charge in [0, 0.05) is 21.1 Å². The van der Waals surface area contributed by atoms with Crippen molar-refractivity contribution in [2.75, 3.05) is 13.7 Å². The number of hydrogen-bond acceptors (Lipinski definition) is 4. The molecule has 1 aromatic rings. The Hall–Kier alpha value is -1.30. The molecule has 6 nitrogen and oxygen atoms in total. The van der Waals surface area contributed by atoms with E-state index in [-0.39, 0.29) is 6.61 Å². The molecule has 0 fully saturated rings. The smallest absolute Gasteiger partial charge is 0.216 e. The summed E-state index contributed by atoms with van der Waals surface area (Å²) >= 11 is 3.24. The molecule has 7 heteroatoms. The van der Waals surface area contributed by atoms with E-state index in [1.54, 1.807) is 12.3 Å². The van der Waals surface area contributed by atoms with Crippen LogP contribution in [0.2, 0.25) is 0 Å². The Labute approximate surface area is 94.7 Å². The molecule has 0 aliphatic carbocycles. The number of methoxy groups -OCH3 is 1. The maximum absolute atomic E-state index is 9.06. The number of aromatic nitrogens is 1. The van der Waals surface area contributed by atoms with Gasteiger partial charge in [-0.3, -0.25) is 0 Å². The first kappa shape index (κ1) is 11.8. The van der Waals surface area contributed by atoms with Crippen molar-refractivity contribution in [3.63, 3.8) is 0 Å². The molecule has 1 heterocycles. The lowest BCUT2D eigenvalue weighted by Crippen LogP contribution is -2.04. The van der Waals surface area contributed by atoms with Gasteiger partial charge in [-0.2, -0.15) is 0 Å². The Morgan fingerprint density at radius 3 is 3.07 bits per heavy atom. The highest BCUT2D eigenvalue weighted by Crippen LogP contribution is 2.28. The summed E-state index contributed by atoms with van der Waals surface area (Å²) in [5.74, 6) is 0.338. The summed E-state index contributed by atoms with van der Waals surface area (Å²) in [5, 5.41) is 12.5. The van der Waals surface area contributed by atoms with Crippen molar-refractivity contribution in [1.82, 2.24) is 4.98 Å². The van der Waals surface area contributed by atoms with Crippen LogP contribution in [0.4, 0.5) is 0 Å². The standard InChI is InChI=1S/C8H9BrN4O2/c1-15-8-6(2-5(9)3-11-8)7(4-14)12-13-10/h2-3,7,14H,4H2,1H3. The zero-order valence-electron chi connectivity index (χ0n) is 7.96. The second-order valence-corrected chi connectivity index (χ2v) is 3.57. The Morgan fingerprint density at radius 1 is 1.80 bits per heavy atom. The van der Waals surface area contributed by atoms with Gasteiger partial charge in [0.05, 0.1) is 19.8 Å². The summed E-state index contributed by atoms with van der Waals surface area (Å²) in [6.07, 6.45) is 1.56. The molecule has 0 spiro atoms. The minimum atomic E-state index is -0.685. The first-order chi connectivity index (χ1) is 7.22. The maximum Gasteiger partial charge on any atom is 0.216 e. The number of azide groups is 1. The Bertz CT molecular complexity index is 392. The van der Waals surface area contributed by atoms with E-state index in [1.165, 1.54) is 7.11 Å². The van der Waals surface area contributed by atoms with Gasteiger partial charge in [-0.15, -0.1) is 0 Å². The van der Waals surface area contributed by atoms with Gasteiger partial charge in [-0.05, 0) is 27.5 Å². The van der Waals surface area contributed by atoms with Crippen molar-refractivity contribution in [2.45, 2.75) is 6.04 Å². The molecule has 0 aliphatic heterocycles.